The Bertz CT molecular complexity index is 1110. The van der Waals surface area contributed by atoms with Gasteiger partial charge in [-0.3, -0.25) is 9.44 Å². The molecule has 0 saturated carbocycles. The maximum atomic E-state index is 12.4. The summed E-state index contributed by atoms with van der Waals surface area (Å²) >= 11 is 0. The zero-order valence-corrected chi connectivity index (χ0v) is 16.2. The van der Waals surface area contributed by atoms with Crippen molar-refractivity contribution in [1.29, 1.82) is 0 Å². The number of nitrogen functional groups attached to an aromatic ring is 2. The Morgan fingerprint density at radius 2 is 0.857 bits per heavy atom. The summed E-state index contributed by atoms with van der Waals surface area (Å²) in [7, 11) is -7.74. The fourth-order valence-electron chi connectivity index (χ4n) is 2.48. The monoisotopic (exact) mass is 418 g/mol. The smallest absolute Gasteiger partial charge is 0.263 e. The number of anilines is 4. The first-order valence-electron chi connectivity index (χ1n) is 8.04. The second-order valence-corrected chi connectivity index (χ2v) is 9.17. The average molecular weight is 419 g/mol. The highest BCUT2D eigenvalue weighted by molar-refractivity contribution is 7.93. The quantitative estimate of drug-likeness (QED) is 0.453. The number of hydrogen-bond donors (Lipinski definition) is 4. The van der Waals surface area contributed by atoms with Gasteiger partial charge in [0.15, 0.2) is 0 Å². The number of sulfonamides is 2. The molecular formula is C18H18N4O4S2. The standard InChI is InChI=1S/C18H18N4O4S2/c19-15-5-1-3-7-17(15)27(23,24)21-13-9-11-14(12-10-13)22-28(25,26)18-8-4-2-6-16(18)20/h1-12,21-22H,19-20H2. The van der Waals surface area contributed by atoms with E-state index in [1.165, 1.54) is 48.5 Å². The van der Waals surface area contributed by atoms with Crippen LogP contribution in [0.25, 0.3) is 0 Å². The number of nitrogens with one attached hydrogen (secondary N) is 2. The van der Waals surface area contributed by atoms with Crippen LogP contribution in [0, 0.1) is 0 Å². The molecule has 0 aliphatic rings. The van der Waals surface area contributed by atoms with Crippen molar-refractivity contribution < 1.29 is 16.8 Å². The predicted octanol–water partition coefficient (Wildman–Crippen LogP) is 2.45. The van der Waals surface area contributed by atoms with Gasteiger partial charge in [0.1, 0.15) is 9.79 Å². The largest absolute Gasteiger partial charge is 0.398 e. The van der Waals surface area contributed by atoms with Gasteiger partial charge in [0.05, 0.1) is 11.4 Å². The van der Waals surface area contributed by atoms with Gasteiger partial charge in [-0.1, -0.05) is 24.3 Å². The van der Waals surface area contributed by atoms with Crippen LogP contribution in [-0.4, -0.2) is 16.8 Å². The van der Waals surface area contributed by atoms with Crippen molar-refractivity contribution in [3.63, 3.8) is 0 Å². The molecule has 0 aromatic heterocycles. The molecule has 0 aliphatic heterocycles. The summed E-state index contributed by atoms with van der Waals surface area (Å²) in [5.41, 5.74) is 12.2. The Kier molecular flexibility index (Phi) is 5.16. The number of nitrogens with two attached hydrogens (primary N) is 2. The summed E-state index contributed by atoms with van der Waals surface area (Å²) in [6.07, 6.45) is 0. The summed E-state index contributed by atoms with van der Waals surface area (Å²) < 4.78 is 54.6. The highest BCUT2D eigenvalue weighted by Crippen LogP contribution is 2.24. The number of para-hydroxylation sites is 2. The Morgan fingerprint density at radius 3 is 1.18 bits per heavy atom. The molecule has 6 N–H and O–H groups in total. The Balaban J connectivity index is 1.79. The van der Waals surface area contributed by atoms with Crippen molar-refractivity contribution in [3.8, 4) is 0 Å². The lowest BCUT2D eigenvalue weighted by Gasteiger charge is -2.12. The van der Waals surface area contributed by atoms with Crippen LogP contribution in [0.15, 0.2) is 82.6 Å². The maximum absolute atomic E-state index is 12.4. The van der Waals surface area contributed by atoms with Gasteiger partial charge in [-0.2, -0.15) is 0 Å². The zero-order chi connectivity index (χ0) is 20.4. The molecule has 0 heterocycles. The van der Waals surface area contributed by atoms with Crippen molar-refractivity contribution in [2.75, 3.05) is 20.9 Å². The first kappa shape index (κ1) is 19.5. The van der Waals surface area contributed by atoms with Crippen LogP contribution in [0.2, 0.25) is 0 Å². The molecule has 0 radical (unpaired) electrons. The van der Waals surface area contributed by atoms with Crippen LogP contribution in [-0.2, 0) is 20.0 Å². The number of benzene rings is 3. The molecule has 3 aromatic carbocycles. The molecular weight excluding hydrogens is 400 g/mol. The molecule has 8 nitrogen and oxygen atoms in total. The molecule has 0 unspecified atom stereocenters. The lowest BCUT2D eigenvalue weighted by molar-refractivity contribution is 0.599. The highest BCUT2D eigenvalue weighted by Gasteiger charge is 2.18. The van der Waals surface area contributed by atoms with Crippen molar-refractivity contribution >= 4 is 42.8 Å². The summed E-state index contributed by atoms with van der Waals surface area (Å²) in [4.78, 5) is -0.0846. The molecule has 28 heavy (non-hydrogen) atoms. The molecule has 0 spiro atoms. The second kappa shape index (κ2) is 7.41. The lowest BCUT2D eigenvalue weighted by Crippen LogP contribution is -2.16. The minimum atomic E-state index is -3.87. The summed E-state index contributed by atoms with van der Waals surface area (Å²) in [6.45, 7) is 0. The maximum Gasteiger partial charge on any atom is 0.263 e. The molecule has 10 heteroatoms. The van der Waals surface area contributed by atoms with E-state index in [1.807, 2.05) is 0 Å². The van der Waals surface area contributed by atoms with E-state index in [4.69, 9.17) is 11.5 Å². The zero-order valence-electron chi connectivity index (χ0n) is 14.5. The van der Waals surface area contributed by atoms with E-state index < -0.39 is 20.0 Å². The van der Waals surface area contributed by atoms with Gasteiger partial charge in [0.25, 0.3) is 20.0 Å². The molecule has 3 rings (SSSR count). The van der Waals surface area contributed by atoms with E-state index in [0.29, 0.717) is 0 Å². The fourth-order valence-corrected chi connectivity index (χ4v) is 4.86. The first-order valence-corrected chi connectivity index (χ1v) is 11.0. The van der Waals surface area contributed by atoms with Crippen LogP contribution in [0.5, 0.6) is 0 Å². The molecule has 0 bridgehead atoms. The van der Waals surface area contributed by atoms with Crippen molar-refractivity contribution in [1.82, 2.24) is 0 Å². The molecule has 146 valence electrons. The van der Waals surface area contributed by atoms with Crippen LogP contribution in [0.1, 0.15) is 0 Å². The molecule has 0 aliphatic carbocycles. The molecule has 0 fully saturated rings. The first-order chi connectivity index (χ1) is 13.2. The van der Waals surface area contributed by atoms with Crippen LogP contribution >= 0.6 is 0 Å². The number of rotatable bonds is 6. The van der Waals surface area contributed by atoms with Gasteiger partial charge in [0, 0.05) is 11.4 Å². The van der Waals surface area contributed by atoms with Gasteiger partial charge in [-0.25, -0.2) is 16.8 Å². The normalized spacial score (nSPS) is 11.7. The van der Waals surface area contributed by atoms with Crippen molar-refractivity contribution in [2.24, 2.45) is 0 Å². The van der Waals surface area contributed by atoms with E-state index in [0.717, 1.165) is 0 Å². The Labute approximate surface area is 163 Å². The van der Waals surface area contributed by atoms with E-state index in [2.05, 4.69) is 9.44 Å². The third-order valence-electron chi connectivity index (χ3n) is 3.81. The van der Waals surface area contributed by atoms with E-state index in [-0.39, 0.29) is 32.5 Å². The average Bonchev–Trinajstić information content (AvgIpc) is 2.63. The Morgan fingerprint density at radius 1 is 0.536 bits per heavy atom. The van der Waals surface area contributed by atoms with Gasteiger partial charge in [-0.15, -0.1) is 0 Å². The molecule has 0 atom stereocenters. The van der Waals surface area contributed by atoms with Crippen molar-refractivity contribution in [2.45, 2.75) is 9.79 Å². The third-order valence-corrected chi connectivity index (χ3v) is 6.72. The van der Waals surface area contributed by atoms with E-state index >= 15 is 0 Å². The summed E-state index contributed by atoms with van der Waals surface area (Å²) in [5, 5.41) is 0. The minimum Gasteiger partial charge on any atom is -0.398 e. The third kappa shape index (κ3) is 4.18. The van der Waals surface area contributed by atoms with Gasteiger partial charge >= 0.3 is 0 Å². The SMILES string of the molecule is Nc1ccccc1S(=O)(=O)Nc1ccc(NS(=O)(=O)c2ccccc2N)cc1. The Hall–Kier alpha value is -3.24. The number of hydrogen-bond acceptors (Lipinski definition) is 6. The van der Waals surface area contributed by atoms with E-state index in [1.54, 1.807) is 24.3 Å². The van der Waals surface area contributed by atoms with Gasteiger partial charge in [0.2, 0.25) is 0 Å². The topological polar surface area (TPSA) is 144 Å². The minimum absolute atomic E-state index is 0.0423. The van der Waals surface area contributed by atoms with Gasteiger partial charge < -0.3 is 11.5 Å². The predicted molar refractivity (Wildman–Crippen MR) is 110 cm³/mol. The molecule has 0 saturated heterocycles. The summed E-state index contributed by atoms with van der Waals surface area (Å²) in [5.74, 6) is 0. The van der Waals surface area contributed by atoms with Gasteiger partial charge in [-0.05, 0) is 48.5 Å². The lowest BCUT2D eigenvalue weighted by atomic mass is 10.3. The highest BCUT2D eigenvalue weighted by atomic mass is 32.2. The van der Waals surface area contributed by atoms with E-state index in [9.17, 15) is 16.8 Å². The second-order valence-electron chi connectivity index (χ2n) is 5.86. The van der Waals surface area contributed by atoms with Crippen LogP contribution in [0.4, 0.5) is 22.7 Å². The molecule has 0 amide bonds. The van der Waals surface area contributed by atoms with Crippen molar-refractivity contribution in [3.05, 3.63) is 72.8 Å². The molecule has 3 aromatic rings. The fraction of sp³-hybridized carbons (Fsp3) is 0. The van der Waals surface area contributed by atoms with Crippen LogP contribution in [0.3, 0.4) is 0 Å². The summed E-state index contributed by atoms with van der Waals surface area (Å²) in [6, 6.07) is 17.9. The van der Waals surface area contributed by atoms with Crippen LogP contribution < -0.4 is 20.9 Å².